The van der Waals surface area contributed by atoms with Crippen molar-refractivity contribution in [2.45, 2.75) is 111 Å². The molecule has 4 rings (SSSR count). The average Bonchev–Trinajstić information content (AvgIpc) is 2.88. The van der Waals surface area contributed by atoms with Gasteiger partial charge in [0, 0.05) is 25.2 Å². The first-order valence-electron chi connectivity index (χ1n) is 15.1. The van der Waals surface area contributed by atoms with Gasteiger partial charge in [-0.25, -0.2) is 4.79 Å². The molecule has 0 unspecified atom stereocenters. The second-order valence-electron chi connectivity index (χ2n) is 12.9. The zero-order chi connectivity index (χ0) is 29.9. The molecule has 6 nitrogen and oxygen atoms in total. The van der Waals surface area contributed by atoms with Crippen molar-refractivity contribution < 1.29 is 29.2 Å². The third kappa shape index (κ3) is 7.79. The lowest BCUT2D eigenvalue weighted by Gasteiger charge is -2.51. The maximum atomic E-state index is 13.6. The minimum absolute atomic E-state index is 0.0860. The minimum Gasteiger partial charge on any atom is -0.508 e. The standard InChI is InChI=1S/C35H48O6/c1-21(2)14-25(6)33-26(7)32(37)20-35(41-33)19-29-18-28(40-35)13-12-23(4)15-22(3)10-8-9-11-27-17-31(36)24(5)16-30(27)34(38)39-29/h8-12,14,16-17,21-22,26,28-29,32-33,36-37H,13,15,18-20H2,1-7H3/t22-,26-,28+,29-,32-,33+,35-/m1/s1. The number of allylic oxidation sites excluding steroid dienone is 5. The third-order valence-electron chi connectivity index (χ3n) is 8.50. The molecule has 2 fully saturated rings. The summed E-state index contributed by atoms with van der Waals surface area (Å²) in [4.78, 5) is 13.6. The van der Waals surface area contributed by atoms with Crippen LogP contribution in [0.3, 0.4) is 0 Å². The van der Waals surface area contributed by atoms with Crippen LogP contribution in [0, 0.1) is 24.7 Å². The Balaban J connectivity index is 1.72. The number of aromatic hydroxyl groups is 1. The Bertz CT molecular complexity index is 1220. The second-order valence-corrected chi connectivity index (χ2v) is 12.9. The summed E-state index contributed by atoms with van der Waals surface area (Å²) < 4.78 is 19.7. The van der Waals surface area contributed by atoms with E-state index in [2.05, 4.69) is 52.8 Å². The highest BCUT2D eigenvalue weighted by atomic mass is 16.7. The van der Waals surface area contributed by atoms with Gasteiger partial charge in [-0.1, -0.05) is 69.7 Å². The Morgan fingerprint density at radius 1 is 1.10 bits per heavy atom. The highest BCUT2D eigenvalue weighted by Gasteiger charge is 2.52. The van der Waals surface area contributed by atoms with Crippen molar-refractivity contribution in [3.05, 3.63) is 70.3 Å². The highest BCUT2D eigenvalue weighted by Crippen LogP contribution is 2.44. The lowest BCUT2D eigenvalue weighted by molar-refractivity contribution is -0.341. The molecule has 224 valence electrons. The monoisotopic (exact) mass is 564 g/mol. The largest absolute Gasteiger partial charge is 0.508 e. The van der Waals surface area contributed by atoms with Gasteiger partial charge in [0.05, 0.1) is 23.9 Å². The Labute approximate surface area is 245 Å². The number of carbonyl (C=O) groups excluding carboxylic acids is 1. The van der Waals surface area contributed by atoms with Crippen molar-refractivity contribution in [1.29, 1.82) is 0 Å². The van der Waals surface area contributed by atoms with Gasteiger partial charge in [-0.3, -0.25) is 0 Å². The molecule has 3 heterocycles. The predicted molar refractivity (Wildman–Crippen MR) is 162 cm³/mol. The number of hydrogen-bond acceptors (Lipinski definition) is 6. The summed E-state index contributed by atoms with van der Waals surface area (Å²) in [6, 6.07) is 3.30. The van der Waals surface area contributed by atoms with Gasteiger partial charge in [0.15, 0.2) is 5.79 Å². The normalized spacial score (nSPS) is 33.4. The lowest BCUT2D eigenvalue weighted by Crippen LogP contribution is -2.58. The van der Waals surface area contributed by atoms with Crippen LogP contribution in [0.2, 0.25) is 0 Å². The van der Waals surface area contributed by atoms with Gasteiger partial charge in [0.25, 0.3) is 0 Å². The number of aryl methyl sites for hydroxylation is 1. The smallest absolute Gasteiger partial charge is 0.339 e. The molecular weight excluding hydrogens is 516 g/mol. The summed E-state index contributed by atoms with van der Waals surface area (Å²) in [5, 5.41) is 21.6. The molecule has 2 N–H and O–H groups in total. The van der Waals surface area contributed by atoms with Crippen molar-refractivity contribution in [2.75, 3.05) is 0 Å². The fourth-order valence-corrected chi connectivity index (χ4v) is 6.43. The number of fused-ring (bicyclic) bond motifs is 3. The van der Waals surface area contributed by atoms with Crippen molar-refractivity contribution in [3.8, 4) is 5.75 Å². The van der Waals surface area contributed by atoms with Crippen molar-refractivity contribution in [3.63, 3.8) is 0 Å². The van der Waals surface area contributed by atoms with E-state index in [9.17, 15) is 15.0 Å². The lowest BCUT2D eigenvalue weighted by atomic mass is 9.81. The SMILES string of the molecule is CC1=CC[C@H]2C[C@H](C[C@@]3(C[C@@H](O)[C@@H](C)[C@H](C(C)=CC(C)C)O3)O2)OC(=O)c2cc(C)c(O)cc2C=CC=C[C@@H](C)C1. The number of phenols is 1. The van der Waals surface area contributed by atoms with Gasteiger partial charge in [-0.2, -0.15) is 0 Å². The van der Waals surface area contributed by atoms with E-state index in [4.69, 9.17) is 14.2 Å². The number of rotatable bonds is 2. The summed E-state index contributed by atoms with van der Waals surface area (Å²) in [5.41, 5.74) is 3.97. The summed E-state index contributed by atoms with van der Waals surface area (Å²) in [6.07, 6.45) is 13.4. The zero-order valence-corrected chi connectivity index (χ0v) is 25.7. The van der Waals surface area contributed by atoms with Gasteiger partial charge in [0.2, 0.25) is 0 Å². The Morgan fingerprint density at radius 2 is 1.85 bits per heavy atom. The molecule has 0 saturated carbocycles. The number of hydrogen-bond donors (Lipinski definition) is 2. The highest BCUT2D eigenvalue weighted by molar-refractivity contribution is 5.94. The molecule has 6 heteroatoms. The quantitative estimate of drug-likeness (QED) is 0.287. The van der Waals surface area contributed by atoms with Crippen LogP contribution >= 0.6 is 0 Å². The maximum Gasteiger partial charge on any atom is 0.339 e. The Morgan fingerprint density at radius 3 is 2.59 bits per heavy atom. The molecule has 2 bridgehead atoms. The van der Waals surface area contributed by atoms with Crippen LogP contribution in [-0.2, 0) is 14.2 Å². The van der Waals surface area contributed by atoms with E-state index < -0.39 is 24.0 Å². The number of esters is 1. The average molecular weight is 565 g/mol. The first kappa shape index (κ1) is 31.3. The second kappa shape index (κ2) is 13.1. The van der Waals surface area contributed by atoms with Gasteiger partial charge in [-0.15, -0.1) is 0 Å². The van der Waals surface area contributed by atoms with Crippen LogP contribution in [0.1, 0.15) is 95.1 Å². The molecule has 0 aromatic heterocycles. The summed E-state index contributed by atoms with van der Waals surface area (Å²) in [5.74, 6) is -0.773. The van der Waals surface area contributed by atoms with E-state index in [1.807, 2.05) is 25.2 Å². The van der Waals surface area contributed by atoms with Crippen LogP contribution in [0.25, 0.3) is 6.08 Å². The van der Waals surface area contributed by atoms with Crippen LogP contribution in [-0.4, -0.2) is 46.4 Å². The molecule has 3 aliphatic rings. The fraction of sp³-hybridized carbons (Fsp3) is 0.571. The van der Waals surface area contributed by atoms with E-state index in [0.29, 0.717) is 54.2 Å². The van der Waals surface area contributed by atoms with Crippen LogP contribution in [0.15, 0.2) is 53.7 Å². The topological polar surface area (TPSA) is 85.2 Å². The molecule has 0 aliphatic carbocycles. The van der Waals surface area contributed by atoms with Gasteiger partial charge < -0.3 is 24.4 Å². The molecule has 1 aromatic carbocycles. The molecule has 1 spiro atoms. The molecule has 3 aliphatic heterocycles. The number of ether oxygens (including phenoxy) is 3. The molecule has 0 radical (unpaired) electrons. The van der Waals surface area contributed by atoms with Crippen molar-refractivity contribution >= 4 is 12.0 Å². The number of benzene rings is 1. The summed E-state index contributed by atoms with van der Waals surface area (Å²) in [7, 11) is 0. The first-order chi connectivity index (χ1) is 19.4. The van der Waals surface area contributed by atoms with E-state index in [1.165, 1.54) is 5.57 Å². The van der Waals surface area contributed by atoms with E-state index in [1.54, 1.807) is 19.1 Å². The van der Waals surface area contributed by atoms with E-state index >= 15 is 0 Å². The maximum absolute atomic E-state index is 13.6. The molecule has 7 atom stereocenters. The number of phenolic OH excluding ortho intramolecular Hbond substituents is 1. The molecule has 0 amide bonds. The first-order valence-corrected chi connectivity index (χ1v) is 15.1. The number of carbonyl (C=O) groups is 1. The zero-order valence-electron chi connectivity index (χ0n) is 25.7. The molecular formula is C35H48O6. The Hall–Kier alpha value is -2.67. The van der Waals surface area contributed by atoms with Gasteiger partial charge in [-0.05, 0) is 74.3 Å². The molecule has 1 aromatic rings. The van der Waals surface area contributed by atoms with Crippen LogP contribution in [0.4, 0.5) is 0 Å². The third-order valence-corrected chi connectivity index (χ3v) is 8.50. The summed E-state index contributed by atoms with van der Waals surface area (Å²) >= 11 is 0. The van der Waals surface area contributed by atoms with Gasteiger partial charge >= 0.3 is 5.97 Å². The Kier molecular flexibility index (Phi) is 9.99. The van der Waals surface area contributed by atoms with Crippen LogP contribution in [0.5, 0.6) is 5.75 Å². The number of aliphatic hydroxyl groups excluding tert-OH is 1. The van der Waals surface area contributed by atoms with Crippen molar-refractivity contribution in [1.82, 2.24) is 0 Å². The summed E-state index contributed by atoms with van der Waals surface area (Å²) in [6.45, 7) is 14.4. The van der Waals surface area contributed by atoms with E-state index in [-0.39, 0.29) is 23.9 Å². The van der Waals surface area contributed by atoms with Crippen molar-refractivity contribution in [2.24, 2.45) is 17.8 Å². The predicted octanol–water partition coefficient (Wildman–Crippen LogP) is 7.44. The minimum atomic E-state index is -1.06. The molecule has 2 saturated heterocycles. The number of aliphatic hydroxyl groups is 1. The molecule has 41 heavy (non-hydrogen) atoms. The van der Waals surface area contributed by atoms with Crippen LogP contribution < -0.4 is 0 Å². The fourth-order valence-electron chi connectivity index (χ4n) is 6.43. The van der Waals surface area contributed by atoms with E-state index in [0.717, 1.165) is 12.0 Å². The van der Waals surface area contributed by atoms with Gasteiger partial charge in [0.1, 0.15) is 11.9 Å².